The third-order valence-electron chi connectivity index (χ3n) is 4.76. The molecule has 3 rings (SSSR count). The SMILES string of the molecule is COc1cc(-c2noc(CCCC(=O)NCCc3ccccc3)n2)cc(OC)c1OC. The number of carbonyl (C=O) groups excluding carboxylic acids is 1. The Morgan fingerprint density at radius 2 is 1.71 bits per heavy atom. The second-order valence-electron chi connectivity index (χ2n) is 6.86. The molecule has 8 nitrogen and oxygen atoms in total. The summed E-state index contributed by atoms with van der Waals surface area (Å²) in [7, 11) is 4.64. The Morgan fingerprint density at radius 3 is 2.35 bits per heavy atom. The fourth-order valence-corrected chi connectivity index (χ4v) is 3.16. The summed E-state index contributed by atoms with van der Waals surface area (Å²) in [5.41, 5.74) is 1.89. The number of nitrogens with one attached hydrogen (secondary N) is 1. The van der Waals surface area contributed by atoms with Crippen LogP contribution in [0.5, 0.6) is 17.2 Å². The summed E-state index contributed by atoms with van der Waals surface area (Å²) in [4.78, 5) is 16.5. The number of aromatic nitrogens is 2. The van der Waals surface area contributed by atoms with Crippen LogP contribution in [0, 0.1) is 0 Å². The molecule has 1 amide bonds. The first-order valence-electron chi connectivity index (χ1n) is 10.1. The lowest BCUT2D eigenvalue weighted by Crippen LogP contribution is -2.25. The number of benzene rings is 2. The Hall–Kier alpha value is -3.55. The van der Waals surface area contributed by atoms with Gasteiger partial charge in [0.2, 0.25) is 23.4 Å². The Bertz CT molecular complexity index is 963. The van der Waals surface area contributed by atoms with Crippen LogP contribution in [0.4, 0.5) is 0 Å². The van der Waals surface area contributed by atoms with E-state index in [0.717, 1.165) is 6.42 Å². The minimum Gasteiger partial charge on any atom is -0.493 e. The molecule has 2 aromatic carbocycles. The number of amides is 1. The predicted octanol–water partition coefficient (Wildman–Crippen LogP) is 3.44. The number of aryl methyl sites for hydroxylation is 1. The largest absolute Gasteiger partial charge is 0.493 e. The zero-order chi connectivity index (χ0) is 22.1. The van der Waals surface area contributed by atoms with E-state index in [1.165, 1.54) is 5.56 Å². The lowest BCUT2D eigenvalue weighted by atomic mass is 10.1. The number of nitrogens with zero attached hydrogens (tertiary/aromatic N) is 2. The molecule has 1 aromatic heterocycles. The normalized spacial score (nSPS) is 10.5. The van der Waals surface area contributed by atoms with E-state index < -0.39 is 0 Å². The van der Waals surface area contributed by atoms with Gasteiger partial charge in [0.05, 0.1) is 21.3 Å². The molecule has 0 aliphatic heterocycles. The number of methoxy groups -OCH3 is 3. The topological polar surface area (TPSA) is 95.7 Å². The molecule has 1 N–H and O–H groups in total. The van der Waals surface area contributed by atoms with E-state index >= 15 is 0 Å². The zero-order valence-electron chi connectivity index (χ0n) is 18.0. The standard InChI is InChI=1S/C23H27N3O5/c1-28-18-14-17(15-19(29-2)22(18)30-3)23-25-21(31-26-23)11-7-10-20(27)24-13-12-16-8-5-4-6-9-16/h4-6,8-9,14-15H,7,10-13H2,1-3H3,(H,24,27). The van der Waals surface area contributed by atoms with Crippen LogP contribution in [0.15, 0.2) is 47.0 Å². The highest BCUT2D eigenvalue weighted by Crippen LogP contribution is 2.40. The summed E-state index contributed by atoms with van der Waals surface area (Å²) >= 11 is 0. The smallest absolute Gasteiger partial charge is 0.226 e. The minimum atomic E-state index is 0.0142. The third kappa shape index (κ3) is 5.97. The lowest BCUT2D eigenvalue weighted by Gasteiger charge is -2.12. The van der Waals surface area contributed by atoms with Crippen LogP contribution < -0.4 is 19.5 Å². The molecule has 31 heavy (non-hydrogen) atoms. The zero-order valence-corrected chi connectivity index (χ0v) is 18.0. The first-order chi connectivity index (χ1) is 15.1. The van der Waals surface area contributed by atoms with Gasteiger partial charge in [-0.3, -0.25) is 4.79 Å². The Labute approximate surface area is 181 Å². The van der Waals surface area contributed by atoms with Gasteiger partial charge >= 0.3 is 0 Å². The van der Waals surface area contributed by atoms with Crippen molar-refractivity contribution in [2.24, 2.45) is 0 Å². The summed E-state index contributed by atoms with van der Waals surface area (Å²) in [5.74, 6) is 2.42. The molecule has 0 atom stereocenters. The fraction of sp³-hybridized carbons (Fsp3) is 0.348. The van der Waals surface area contributed by atoms with Gasteiger partial charge in [-0.1, -0.05) is 35.5 Å². The average molecular weight is 425 g/mol. The number of carbonyl (C=O) groups is 1. The Morgan fingerprint density at radius 1 is 1.00 bits per heavy atom. The van der Waals surface area contributed by atoms with E-state index in [9.17, 15) is 4.79 Å². The van der Waals surface area contributed by atoms with Crippen molar-refractivity contribution in [3.8, 4) is 28.6 Å². The van der Waals surface area contributed by atoms with Crippen LogP contribution in [-0.4, -0.2) is 43.9 Å². The van der Waals surface area contributed by atoms with Crippen molar-refractivity contribution >= 4 is 5.91 Å². The molecule has 0 saturated carbocycles. The molecule has 1 heterocycles. The van der Waals surface area contributed by atoms with Crippen LogP contribution >= 0.6 is 0 Å². The van der Waals surface area contributed by atoms with Crippen LogP contribution in [0.25, 0.3) is 11.4 Å². The molecule has 164 valence electrons. The summed E-state index contributed by atoms with van der Waals surface area (Å²) in [6, 6.07) is 13.6. The van der Waals surface area contributed by atoms with E-state index in [0.29, 0.717) is 60.3 Å². The van der Waals surface area contributed by atoms with Crippen LogP contribution in [0.1, 0.15) is 24.3 Å². The van der Waals surface area contributed by atoms with Crippen molar-refractivity contribution in [1.29, 1.82) is 0 Å². The van der Waals surface area contributed by atoms with E-state index in [1.54, 1.807) is 33.5 Å². The first kappa shape index (κ1) is 22.1. The van der Waals surface area contributed by atoms with Gasteiger partial charge in [-0.2, -0.15) is 4.98 Å². The summed E-state index contributed by atoms with van der Waals surface area (Å²) in [6.07, 6.45) is 2.35. The Balaban J connectivity index is 1.50. The number of rotatable bonds is 11. The second-order valence-corrected chi connectivity index (χ2v) is 6.86. The molecule has 8 heteroatoms. The van der Waals surface area contributed by atoms with Crippen LogP contribution in [-0.2, 0) is 17.6 Å². The van der Waals surface area contributed by atoms with Crippen molar-refractivity contribution < 1.29 is 23.5 Å². The second kappa shape index (κ2) is 11.0. The molecule has 0 bridgehead atoms. The van der Waals surface area contributed by atoms with Crippen LogP contribution in [0.3, 0.4) is 0 Å². The van der Waals surface area contributed by atoms with Gasteiger partial charge in [-0.25, -0.2) is 0 Å². The van der Waals surface area contributed by atoms with E-state index in [-0.39, 0.29) is 5.91 Å². The van der Waals surface area contributed by atoms with Gasteiger partial charge in [0.25, 0.3) is 0 Å². The number of hydrogen-bond acceptors (Lipinski definition) is 7. The highest BCUT2D eigenvalue weighted by Gasteiger charge is 2.17. The molecule has 0 saturated heterocycles. The summed E-state index contributed by atoms with van der Waals surface area (Å²) < 4.78 is 21.4. The van der Waals surface area contributed by atoms with Crippen molar-refractivity contribution in [3.05, 3.63) is 53.9 Å². The first-order valence-corrected chi connectivity index (χ1v) is 10.1. The number of ether oxygens (including phenoxy) is 3. The monoisotopic (exact) mass is 425 g/mol. The third-order valence-corrected chi connectivity index (χ3v) is 4.76. The van der Waals surface area contributed by atoms with Crippen molar-refractivity contribution in [3.63, 3.8) is 0 Å². The maximum absolute atomic E-state index is 12.0. The van der Waals surface area contributed by atoms with E-state index in [1.807, 2.05) is 30.3 Å². The molecule has 0 aliphatic carbocycles. The molecular weight excluding hydrogens is 398 g/mol. The minimum absolute atomic E-state index is 0.0142. The molecular formula is C23H27N3O5. The van der Waals surface area contributed by atoms with Gasteiger partial charge in [-0.05, 0) is 30.5 Å². The summed E-state index contributed by atoms with van der Waals surface area (Å²) in [5, 5.41) is 6.97. The quantitative estimate of drug-likeness (QED) is 0.503. The highest BCUT2D eigenvalue weighted by molar-refractivity contribution is 5.75. The van der Waals surface area contributed by atoms with E-state index in [4.69, 9.17) is 18.7 Å². The van der Waals surface area contributed by atoms with E-state index in [2.05, 4.69) is 15.5 Å². The molecule has 0 unspecified atom stereocenters. The van der Waals surface area contributed by atoms with Gasteiger partial charge in [0, 0.05) is 24.9 Å². The molecule has 0 radical (unpaired) electrons. The maximum atomic E-state index is 12.0. The highest BCUT2D eigenvalue weighted by atomic mass is 16.5. The number of hydrogen-bond donors (Lipinski definition) is 1. The summed E-state index contributed by atoms with van der Waals surface area (Å²) in [6.45, 7) is 0.620. The van der Waals surface area contributed by atoms with Crippen LogP contribution in [0.2, 0.25) is 0 Å². The molecule has 0 spiro atoms. The van der Waals surface area contributed by atoms with Gasteiger partial charge in [0.1, 0.15) is 0 Å². The average Bonchev–Trinajstić information content (AvgIpc) is 3.27. The Kier molecular flexibility index (Phi) is 7.86. The molecule has 0 fully saturated rings. The van der Waals surface area contributed by atoms with Crippen molar-refractivity contribution in [2.75, 3.05) is 27.9 Å². The maximum Gasteiger partial charge on any atom is 0.226 e. The lowest BCUT2D eigenvalue weighted by molar-refractivity contribution is -0.121. The molecule has 0 aliphatic rings. The van der Waals surface area contributed by atoms with Gasteiger partial charge in [0.15, 0.2) is 11.5 Å². The van der Waals surface area contributed by atoms with Crippen molar-refractivity contribution in [1.82, 2.24) is 15.5 Å². The van der Waals surface area contributed by atoms with Gasteiger partial charge < -0.3 is 24.1 Å². The van der Waals surface area contributed by atoms with Gasteiger partial charge in [-0.15, -0.1) is 0 Å². The fourth-order valence-electron chi connectivity index (χ4n) is 3.16. The predicted molar refractivity (Wildman–Crippen MR) is 115 cm³/mol. The van der Waals surface area contributed by atoms with Crippen molar-refractivity contribution in [2.45, 2.75) is 25.7 Å². The molecule has 3 aromatic rings.